The zero-order valence-electron chi connectivity index (χ0n) is 10.1. The topological polar surface area (TPSA) is 46.2 Å². The maximum atomic E-state index is 12.2. The Bertz CT molecular complexity index is 361. The summed E-state index contributed by atoms with van der Waals surface area (Å²) >= 11 is 0. The van der Waals surface area contributed by atoms with Crippen molar-refractivity contribution in [1.29, 1.82) is 0 Å². The molecule has 1 radical (unpaired) electrons. The molecule has 1 rings (SSSR count). The van der Waals surface area contributed by atoms with Crippen molar-refractivity contribution < 1.29 is 14.6 Å². The number of hydrogen-bond donors (Lipinski definition) is 0. The highest BCUT2D eigenvalue weighted by Crippen LogP contribution is 2.25. The van der Waals surface area contributed by atoms with Crippen LogP contribution in [0.2, 0.25) is 0 Å². The molecule has 3 heteroatoms. The molecule has 1 atom stereocenters. The van der Waals surface area contributed by atoms with Crippen LogP contribution in [0.15, 0.2) is 30.3 Å². The molecular formula is C13H17O3. The molecule has 1 aromatic carbocycles. The van der Waals surface area contributed by atoms with Crippen LogP contribution in [0.3, 0.4) is 0 Å². The van der Waals surface area contributed by atoms with Crippen molar-refractivity contribution in [2.45, 2.75) is 38.9 Å². The highest BCUT2D eigenvalue weighted by Gasteiger charge is 2.38. The maximum Gasteiger partial charge on any atom is 0.346 e. The molecule has 0 N–H and O–H groups in total. The largest absolute Gasteiger partial charge is 0.457 e. The quantitative estimate of drug-likeness (QED) is 0.721. The Kier molecular flexibility index (Phi) is 3.38. The molecule has 0 amide bonds. The smallest absolute Gasteiger partial charge is 0.346 e. The first-order valence-corrected chi connectivity index (χ1v) is 5.23. The van der Waals surface area contributed by atoms with Crippen LogP contribution >= 0.6 is 0 Å². The highest BCUT2D eigenvalue weighted by molar-refractivity contribution is 5.80. The van der Waals surface area contributed by atoms with Gasteiger partial charge in [0.1, 0.15) is 5.60 Å². The van der Waals surface area contributed by atoms with Crippen molar-refractivity contribution in [3.8, 4) is 0 Å². The van der Waals surface area contributed by atoms with Crippen LogP contribution in [0.4, 0.5) is 0 Å². The van der Waals surface area contributed by atoms with E-state index in [4.69, 9.17) is 4.74 Å². The standard InChI is InChI=1S/C13H17O3/c1-12(2,3)16-11(14)13(4,15)10-8-6-5-7-9-10/h5-9H,1-4H3. The van der Waals surface area contributed by atoms with Crippen LogP contribution in [0, 0.1) is 0 Å². The molecule has 0 aliphatic carbocycles. The molecule has 0 aromatic heterocycles. The summed E-state index contributed by atoms with van der Waals surface area (Å²) in [4.78, 5) is 11.7. The SMILES string of the molecule is CC(C)(C)OC(=O)C(C)([O])c1ccccc1. The Morgan fingerprint density at radius 3 is 2.00 bits per heavy atom. The number of carbonyl (C=O) groups excluding carboxylic acids is 1. The van der Waals surface area contributed by atoms with E-state index >= 15 is 0 Å². The van der Waals surface area contributed by atoms with Crippen LogP contribution in [0.5, 0.6) is 0 Å². The van der Waals surface area contributed by atoms with Crippen LogP contribution in [0.1, 0.15) is 33.3 Å². The van der Waals surface area contributed by atoms with Crippen molar-refractivity contribution in [3.05, 3.63) is 35.9 Å². The minimum absolute atomic E-state index is 0.421. The van der Waals surface area contributed by atoms with Crippen molar-refractivity contribution >= 4 is 5.97 Å². The lowest BCUT2D eigenvalue weighted by Gasteiger charge is -2.26. The van der Waals surface area contributed by atoms with Gasteiger partial charge in [0.05, 0.1) is 0 Å². The van der Waals surface area contributed by atoms with E-state index in [-0.39, 0.29) is 0 Å². The Hall–Kier alpha value is -1.35. The number of ether oxygens (including phenoxy) is 1. The Morgan fingerprint density at radius 1 is 1.06 bits per heavy atom. The monoisotopic (exact) mass is 221 g/mol. The van der Waals surface area contributed by atoms with Gasteiger partial charge in [-0.05, 0) is 33.3 Å². The number of esters is 1. The van der Waals surface area contributed by atoms with E-state index in [0.717, 1.165) is 0 Å². The van der Waals surface area contributed by atoms with E-state index in [0.29, 0.717) is 5.56 Å². The third-order valence-corrected chi connectivity index (χ3v) is 2.11. The normalized spacial score (nSPS) is 15.3. The van der Waals surface area contributed by atoms with E-state index < -0.39 is 17.2 Å². The predicted octanol–water partition coefficient (Wildman–Crippen LogP) is 2.67. The third-order valence-electron chi connectivity index (χ3n) is 2.11. The van der Waals surface area contributed by atoms with E-state index in [1.165, 1.54) is 6.92 Å². The van der Waals surface area contributed by atoms with Crippen LogP contribution < -0.4 is 0 Å². The molecule has 3 nitrogen and oxygen atoms in total. The number of carbonyl (C=O) groups is 1. The molecule has 0 aliphatic rings. The molecule has 0 heterocycles. The molecule has 16 heavy (non-hydrogen) atoms. The molecule has 87 valence electrons. The molecule has 1 aromatic rings. The molecule has 0 saturated heterocycles. The fourth-order valence-electron chi connectivity index (χ4n) is 1.25. The minimum atomic E-state index is -1.85. The van der Waals surface area contributed by atoms with Crippen LogP contribution in [-0.2, 0) is 20.2 Å². The second-order valence-corrected chi connectivity index (χ2v) is 4.90. The average molecular weight is 221 g/mol. The highest BCUT2D eigenvalue weighted by atomic mass is 16.6. The van der Waals surface area contributed by atoms with E-state index in [1.807, 2.05) is 0 Å². The average Bonchev–Trinajstić information content (AvgIpc) is 2.16. The van der Waals surface area contributed by atoms with Gasteiger partial charge in [0.25, 0.3) is 0 Å². The van der Waals surface area contributed by atoms with Gasteiger partial charge in [0.15, 0.2) is 0 Å². The Balaban J connectivity index is 2.90. The lowest BCUT2D eigenvalue weighted by molar-refractivity contribution is -0.183. The zero-order valence-corrected chi connectivity index (χ0v) is 10.1. The second kappa shape index (κ2) is 4.26. The van der Waals surface area contributed by atoms with Crippen molar-refractivity contribution in [3.63, 3.8) is 0 Å². The van der Waals surface area contributed by atoms with Gasteiger partial charge in [-0.25, -0.2) is 9.90 Å². The van der Waals surface area contributed by atoms with E-state index in [2.05, 4.69) is 0 Å². The van der Waals surface area contributed by atoms with E-state index in [9.17, 15) is 9.90 Å². The fourth-order valence-corrected chi connectivity index (χ4v) is 1.25. The maximum absolute atomic E-state index is 12.2. The summed E-state index contributed by atoms with van der Waals surface area (Å²) in [7, 11) is 0. The molecule has 0 bridgehead atoms. The van der Waals surface area contributed by atoms with Crippen molar-refractivity contribution in [2.75, 3.05) is 0 Å². The summed E-state index contributed by atoms with van der Waals surface area (Å²) in [5.41, 5.74) is -2.07. The lowest BCUT2D eigenvalue weighted by Crippen LogP contribution is -2.37. The van der Waals surface area contributed by atoms with Gasteiger partial charge in [-0.15, -0.1) is 0 Å². The summed E-state index contributed by atoms with van der Waals surface area (Å²) in [6.07, 6.45) is 0. The first-order chi connectivity index (χ1) is 7.23. The van der Waals surface area contributed by atoms with E-state index in [1.54, 1.807) is 51.1 Å². The van der Waals surface area contributed by atoms with Gasteiger partial charge in [-0.3, -0.25) is 0 Å². The van der Waals surface area contributed by atoms with Crippen molar-refractivity contribution in [2.24, 2.45) is 0 Å². The lowest BCUT2D eigenvalue weighted by atomic mass is 9.96. The second-order valence-electron chi connectivity index (χ2n) is 4.90. The fraction of sp³-hybridized carbons (Fsp3) is 0.462. The molecule has 0 spiro atoms. The summed E-state index contributed by atoms with van der Waals surface area (Å²) < 4.78 is 5.11. The molecule has 0 fully saturated rings. The predicted molar refractivity (Wildman–Crippen MR) is 60.3 cm³/mol. The molecule has 0 saturated carbocycles. The van der Waals surface area contributed by atoms with Gasteiger partial charge in [0, 0.05) is 0 Å². The molecule has 1 unspecified atom stereocenters. The summed E-state index contributed by atoms with van der Waals surface area (Å²) in [5, 5.41) is 12.2. The zero-order chi connectivity index (χ0) is 12.4. The van der Waals surface area contributed by atoms with Crippen LogP contribution in [0.25, 0.3) is 0 Å². The summed E-state index contributed by atoms with van der Waals surface area (Å²) in [5.74, 6) is -0.744. The van der Waals surface area contributed by atoms with Gasteiger partial charge in [0.2, 0.25) is 5.60 Å². The Labute approximate surface area is 96.1 Å². The molecule has 0 aliphatic heterocycles. The number of benzene rings is 1. The summed E-state index contributed by atoms with van der Waals surface area (Å²) in [6.45, 7) is 6.56. The first-order valence-electron chi connectivity index (χ1n) is 5.23. The van der Waals surface area contributed by atoms with Gasteiger partial charge < -0.3 is 4.74 Å². The first kappa shape index (κ1) is 12.7. The molecular weight excluding hydrogens is 204 g/mol. The summed E-state index contributed by atoms with van der Waals surface area (Å²) in [6, 6.07) is 8.54. The van der Waals surface area contributed by atoms with Gasteiger partial charge >= 0.3 is 5.97 Å². The number of rotatable bonds is 2. The van der Waals surface area contributed by atoms with Crippen LogP contribution in [-0.4, -0.2) is 11.6 Å². The third kappa shape index (κ3) is 3.07. The number of hydrogen-bond acceptors (Lipinski definition) is 2. The Morgan fingerprint density at radius 2 is 1.56 bits per heavy atom. The van der Waals surface area contributed by atoms with Gasteiger partial charge in [-0.2, -0.15) is 0 Å². The van der Waals surface area contributed by atoms with Crippen molar-refractivity contribution in [1.82, 2.24) is 0 Å². The van der Waals surface area contributed by atoms with Gasteiger partial charge in [-0.1, -0.05) is 30.3 Å². The minimum Gasteiger partial charge on any atom is -0.457 e.